The zero-order valence-corrected chi connectivity index (χ0v) is 13.9. The average molecular weight is 325 g/mol. The van der Waals surface area contributed by atoms with Crippen LogP contribution in [0.4, 0.5) is 4.79 Å². The van der Waals surface area contributed by atoms with Gasteiger partial charge in [-0.3, -0.25) is 0 Å². The second kappa shape index (κ2) is 5.14. The number of nitrogens with one attached hydrogen (secondary N) is 1. The molecular weight excluding hydrogens is 302 g/mol. The van der Waals surface area contributed by atoms with Gasteiger partial charge in [-0.05, 0) is 39.0 Å². The molecule has 2 aliphatic carbocycles. The SMILES string of the molecule is C#CCN1C(=O)N(C)C2CC(S(=O)(=O)NC3(C)CC3)CCC21. The molecule has 1 aliphatic heterocycles. The number of carbonyl (C=O) groups excluding carboxylic acids is 1. The summed E-state index contributed by atoms with van der Waals surface area (Å²) in [5.41, 5.74) is -0.247. The van der Waals surface area contributed by atoms with Crippen LogP contribution in [0.25, 0.3) is 0 Å². The van der Waals surface area contributed by atoms with Crippen LogP contribution in [0.15, 0.2) is 0 Å². The van der Waals surface area contributed by atoms with E-state index in [4.69, 9.17) is 6.42 Å². The monoisotopic (exact) mass is 325 g/mol. The van der Waals surface area contributed by atoms with Crippen molar-refractivity contribution >= 4 is 16.1 Å². The first-order chi connectivity index (χ1) is 10.3. The largest absolute Gasteiger partial charge is 0.323 e. The Morgan fingerprint density at radius 3 is 2.64 bits per heavy atom. The third-order valence-electron chi connectivity index (χ3n) is 5.27. The van der Waals surface area contributed by atoms with Crippen LogP contribution in [0.1, 0.15) is 39.0 Å². The molecule has 22 heavy (non-hydrogen) atoms. The molecule has 1 heterocycles. The number of amides is 2. The van der Waals surface area contributed by atoms with Gasteiger partial charge in [0.2, 0.25) is 10.0 Å². The second-order valence-electron chi connectivity index (χ2n) is 7.00. The Balaban J connectivity index is 1.74. The topological polar surface area (TPSA) is 69.7 Å². The zero-order chi connectivity index (χ0) is 16.1. The van der Waals surface area contributed by atoms with E-state index in [1.165, 1.54) is 0 Å². The Hall–Kier alpha value is -1.26. The van der Waals surface area contributed by atoms with Gasteiger partial charge in [-0.15, -0.1) is 6.42 Å². The van der Waals surface area contributed by atoms with Gasteiger partial charge in [0.1, 0.15) is 0 Å². The minimum absolute atomic E-state index is 0.0384. The fourth-order valence-corrected chi connectivity index (χ4v) is 5.60. The van der Waals surface area contributed by atoms with E-state index in [0.29, 0.717) is 19.3 Å². The number of rotatable bonds is 4. The molecule has 0 aromatic carbocycles. The second-order valence-corrected chi connectivity index (χ2v) is 8.96. The molecule has 0 aromatic rings. The van der Waals surface area contributed by atoms with Crippen LogP contribution < -0.4 is 4.72 Å². The maximum absolute atomic E-state index is 12.6. The van der Waals surface area contributed by atoms with Crippen molar-refractivity contribution in [1.82, 2.24) is 14.5 Å². The van der Waals surface area contributed by atoms with Crippen LogP contribution in [0.3, 0.4) is 0 Å². The Morgan fingerprint density at radius 1 is 1.36 bits per heavy atom. The molecule has 0 aromatic heterocycles. The van der Waals surface area contributed by atoms with Crippen molar-refractivity contribution in [3.8, 4) is 12.3 Å². The lowest BCUT2D eigenvalue weighted by molar-refractivity contribution is 0.196. The summed E-state index contributed by atoms with van der Waals surface area (Å²) in [6, 6.07) is -0.118. The molecule has 2 saturated carbocycles. The van der Waals surface area contributed by atoms with Crippen LogP contribution >= 0.6 is 0 Å². The molecule has 7 heteroatoms. The molecule has 1 saturated heterocycles. The highest BCUT2D eigenvalue weighted by Gasteiger charge is 2.50. The number of hydrogen-bond donors (Lipinski definition) is 1. The van der Waals surface area contributed by atoms with E-state index in [0.717, 1.165) is 12.8 Å². The van der Waals surface area contributed by atoms with E-state index < -0.39 is 15.3 Å². The van der Waals surface area contributed by atoms with E-state index in [9.17, 15) is 13.2 Å². The summed E-state index contributed by atoms with van der Waals surface area (Å²) < 4.78 is 28.0. The summed E-state index contributed by atoms with van der Waals surface area (Å²) >= 11 is 0. The first kappa shape index (κ1) is 15.6. The first-order valence-electron chi connectivity index (χ1n) is 7.77. The number of likely N-dealkylation sites (N-methyl/N-ethyl adjacent to an activating group) is 1. The number of hydrogen-bond acceptors (Lipinski definition) is 3. The maximum Gasteiger partial charge on any atom is 0.321 e. The Morgan fingerprint density at radius 2 is 2.05 bits per heavy atom. The molecule has 0 radical (unpaired) electrons. The highest BCUT2D eigenvalue weighted by molar-refractivity contribution is 7.90. The highest BCUT2D eigenvalue weighted by Crippen LogP contribution is 2.39. The fraction of sp³-hybridized carbons (Fsp3) is 0.800. The van der Waals surface area contributed by atoms with Crippen molar-refractivity contribution in [2.45, 2.75) is 61.9 Å². The number of nitrogens with zero attached hydrogens (tertiary/aromatic N) is 2. The van der Waals surface area contributed by atoms with Crippen LogP contribution in [-0.4, -0.2) is 60.7 Å². The van der Waals surface area contributed by atoms with Gasteiger partial charge in [-0.2, -0.15) is 0 Å². The van der Waals surface area contributed by atoms with Gasteiger partial charge in [0.05, 0.1) is 23.9 Å². The molecule has 1 N–H and O–H groups in total. The third kappa shape index (κ3) is 2.59. The standard InChI is InChI=1S/C15H23N3O3S/c1-4-9-18-12-6-5-11(10-13(12)17(3)14(18)19)22(20,21)16-15(2)7-8-15/h1,11-13,16H,5-10H2,2-3H3. The first-order valence-corrected chi connectivity index (χ1v) is 9.32. The Labute approximate surface area is 132 Å². The van der Waals surface area contributed by atoms with E-state index in [-0.39, 0.29) is 30.2 Å². The normalized spacial score (nSPS) is 33.5. The Bertz CT molecular complexity index is 620. The van der Waals surface area contributed by atoms with Gasteiger partial charge >= 0.3 is 6.03 Å². The molecule has 2 amide bonds. The molecule has 6 nitrogen and oxygen atoms in total. The van der Waals surface area contributed by atoms with E-state index in [1.807, 2.05) is 6.92 Å². The smallest absolute Gasteiger partial charge is 0.321 e. The minimum atomic E-state index is -3.33. The lowest BCUT2D eigenvalue weighted by atomic mass is 9.90. The summed E-state index contributed by atoms with van der Waals surface area (Å²) in [7, 11) is -1.60. The van der Waals surface area contributed by atoms with Crippen molar-refractivity contribution < 1.29 is 13.2 Å². The lowest BCUT2D eigenvalue weighted by Gasteiger charge is -2.35. The quantitative estimate of drug-likeness (QED) is 0.776. The molecular formula is C15H23N3O3S. The molecule has 3 aliphatic rings. The van der Waals surface area contributed by atoms with Crippen molar-refractivity contribution in [3.63, 3.8) is 0 Å². The van der Waals surface area contributed by atoms with Gasteiger partial charge < -0.3 is 9.80 Å². The molecule has 3 unspecified atom stereocenters. The predicted octanol–water partition coefficient (Wildman–Crippen LogP) is 0.749. The highest BCUT2D eigenvalue weighted by atomic mass is 32.2. The third-order valence-corrected chi connectivity index (χ3v) is 7.35. The van der Waals surface area contributed by atoms with Gasteiger partial charge in [-0.1, -0.05) is 5.92 Å². The fourth-order valence-electron chi connectivity index (χ4n) is 3.64. The maximum atomic E-state index is 12.6. The number of sulfonamides is 1. The number of urea groups is 1. The number of terminal acetylenes is 1. The summed E-state index contributed by atoms with van der Waals surface area (Å²) in [6.45, 7) is 2.23. The van der Waals surface area contributed by atoms with Crippen molar-refractivity contribution in [3.05, 3.63) is 0 Å². The van der Waals surface area contributed by atoms with Gasteiger partial charge in [0, 0.05) is 12.6 Å². The van der Waals surface area contributed by atoms with Crippen LogP contribution in [0.5, 0.6) is 0 Å². The van der Waals surface area contributed by atoms with Crippen LogP contribution in [0.2, 0.25) is 0 Å². The molecule has 3 rings (SSSR count). The van der Waals surface area contributed by atoms with E-state index in [2.05, 4.69) is 10.6 Å². The van der Waals surface area contributed by atoms with Gasteiger partial charge in [-0.25, -0.2) is 17.9 Å². The van der Waals surface area contributed by atoms with Crippen LogP contribution in [-0.2, 0) is 10.0 Å². The van der Waals surface area contributed by atoms with Crippen LogP contribution in [0, 0.1) is 12.3 Å². The number of fused-ring (bicyclic) bond motifs is 1. The van der Waals surface area contributed by atoms with Crippen molar-refractivity contribution in [1.29, 1.82) is 0 Å². The molecule has 122 valence electrons. The van der Waals surface area contributed by atoms with E-state index >= 15 is 0 Å². The lowest BCUT2D eigenvalue weighted by Crippen LogP contribution is -2.49. The summed E-state index contributed by atoms with van der Waals surface area (Å²) in [6.07, 6.45) is 8.90. The zero-order valence-electron chi connectivity index (χ0n) is 13.1. The Kier molecular flexibility index (Phi) is 3.65. The van der Waals surface area contributed by atoms with Gasteiger partial charge in [0.25, 0.3) is 0 Å². The van der Waals surface area contributed by atoms with E-state index in [1.54, 1.807) is 16.8 Å². The predicted molar refractivity (Wildman–Crippen MR) is 83.6 cm³/mol. The van der Waals surface area contributed by atoms with Crippen molar-refractivity contribution in [2.24, 2.45) is 0 Å². The summed E-state index contributed by atoms with van der Waals surface area (Å²) in [5.74, 6) is 2.52. The summed E-state index contributed by atoms with van der Waals surface area (Å²) in [5, 5.41) is -0.424. The average Bonchev–Trinajstić information content (AvgIpc) is 3.13. The van der Waals surface area contributed by atoms with Gasteiger partial charge in [0.15, 0.2) is 0 Å². The number of carbonyl (C=O) groups is 1. The molecule has 0 spiro atoms. The molecule has 3 fully saturated rings. The molecule has 0 bridgehead atoms. The molecule has 3 atom stereocenters. The van der Waals surface area contributed by atoms with Crippen molar-refractivity contribution in [2.75, 3.05) is 13.6 Å². The summed E-state index contributed by atoms with van der Waals surface area (Å²) in [4.78, 5) is 15.6. The minimum Gasteiger partial charge on any atom is -0.323 e.